The maximum absolute atomic E-state index is 11.2. The molecule has 0 aliphatic heterocycles. The Kier molecular flexibility index (Phi) is 8.16. The van der Waals surface area contributed by atoms with Crippen LogP contribution in [-0.4, -0.2) is 25.1 Å². The van der Waals surface area contributed by atoms with Crippen LogP contribution < -0.4 is 15.8 Å². The normalized spacial score (nSPS) is 11.3. The first-order chi connectivity index (χ1) is 8.11. The summed E-state index contributed by atoms with van der Waals surface area (Å²) in [6.07, 6.45) is 0.771. The van der Waals surface area contributed by atoms with Crippen molar-refractivity contribution < 1.29 is 9.53 Å². The van der Waals surface area contributed by atoms with Gasteiger partial charge in [-0.1, -0.05) is 18.2 Å². The molecular formula is C13H21ClN2O2. The number of aryl methyl sites for hydroxylation is 1. The van der Waals surface area contributed by atoms with Gasteiger partial charge in [-0.2, -0.15) is 0 Å². The molecule has 0 fully saturated rings. The van der Waals surface area contributed by atoms with Crippen LogP contribution in [0.1, 0.15) is 18.9 Å². The zero-order valence-corrected chi connectivity index (χ0v) is 11.6. The molecule has 0 aromatic heterocycles. The van der Waals surface area contributed by atoms with Crippen LogP contribution in [0.4, 0.5) is 0 Å². The fraction of sp³-hybridized carbons (Fsp3) is 0.462. The minimum absolute atomic E-state index is 0. The van der Waals surface area contributed by atoms with E-state index in [4.69, 9.17) is 10.5 Å². The average molecular weight is 273 g/mol. The van der Waals surface area contributed by atoms with Gasteiger partial charge in [0.2, 0.25) is 5.91 Å². The van der Waals surface area contributed by atoms with E-state index in [9.17, 15) is 4.79 Å². The number of rotatable bonds is 6. The number of carbonyl (C=O) groups excluding carboxylic acids is 1. The number of hydrogen-bond acceptors (Lipinski definition) is 3. The van der Waals surface area contributed by atoms with Crippen molar-refractivity contribution in [1.82, 2.24) is 5.32 Å². The summed E-state index contributed by atoms with van der Waals surface area (Å²) < 4.78 is 5.60. The number of hydrogen-bond donors (Lipinski definition) is 2. The molecule has 1 rings (SSSR count). The molecule has 0 spiro atoms. The minimum atomic E-state index is -0.452. The Labute approximate surface area is 114 Å². The molecule has 1 atom stereocenters. The van der Waals surface area contributed by atoms with E-state index in [0.29, 0.717) is 13.2 Å². The zero-order valence-electron chi connectivity index (χ0n) is 10.8. The van der Waals surface area contributed by atoms with E-state index >= 15 is 0 Å². The lowest BCUT2D eigenvalue weighted by atomic mass is 10.2. The number of ether oxygens (including phenoxy) is 1. The van der Waals surface area contributed by atoms with Crippen molar-refractivity contribution in [2.24, 2.45) is 5.73 Å². The highest BCUT2D eigenvalue weighted by Gasteiger charge is 2.05. The van der Waals surface area contributed by atoms with Crippen LogP contribution in [0.5, 0.6) is 5.75 Å². The summed E-state index contributed by atoms with van der Waals surface area (Å²) in [4.78, 5) is 11.2. The summed E-state index contributed by atoms with van der Waals surface area (Å²) in [5.74, 6) is 0.770. The van der Waals surface area contributed by atoms with Crippen molar-refractivity contribution >= 4 is 18.3 Å². The quantitative estimate of drug-likeness (QED) is 0.774. The molecule has 1 amide bonds. The van der Waals surface area contributed by atoms with Gasteiger partial charge in [0.25, 0.3) is 0 Å². The van der Waals surface area contributed by atoms with Gasteiger partial charge < -0.3 is 15.8 Å². The van der Waals surface area contributed by atoms with Gasteiger partial charge in [0.15, 0.2) is 0 Å². The van der Waals surface area contributed by atoms with Gasteiger partial charge in [-0.3, -0.25) is 4.79 Å². The highest BCUT2D eigenvalue weighted by molar-refractivity contribution is 5.85. The lowest BCUT2D eigenvalue weighted by Crippen LogP contribution is -2.38. The molecule has 0 aliphatic carbocycles. The van der Waals surface area contributed by atoms with E-state index in [1.807, 2.05) is 31.2 Å². The fourth-order valence-electron chi connectivity index (χ4n) is 1.35. The minimum Gasteiger partial charge on any atom is -0.493 e. The summed E-state index contributed by atoms with van der Waals surface area (Å²) in [6, 6.07) is 7.42. The van der Waals surface area contributed by atoms with Crippen molar-refractivity contribution in [2.45, 2.75) is 26.3 Å². The fourth-order valence-corrected chi connectivity index (χ4v) is 1.35. The van der Waals surface area contributed by atoms with E-state index in [2.05, 4.69) is 5.32 Å². The van der Waals surface area contributed by atoms with E-state index < -0.39 is 6.04 Å². The molecule has 5 heteroatoms. The first-order valence-electron chi connectivity index (χ1n) is 5.83. The van der Waals surface area contributed by atoms with Gasteiger partial charge in [-0.25, -0.2) is 0 Å². The molecule has 1 unspecified atom stereocenters. The van der Waals surface area contributed by atoms with Gasteiger partial charge in [0.05, 0.1) is 12.6 Å². The Hall–Kier alpha value is -1.26. The van der Waals surface area contributed by atoms with E-state index in [0.717, 1.165) is 17.7 Å². The third kappa shape index (κ3) is 5.89. The summed E-state index contributed by atoms with van der Waals surface area (Å²) in [7, 11) is 0. The van der Waals surface area contributed by atoms with Crippen LogP contribution in [0.25, 0.3) is 0 Å². The summed E-state index contributed by atoms with van der Waals surface area (Å²) in [5, 5.41) is 2.74. The maximum atomic E-state index is 11.2. The monoisotopic (exact) mass is 272 g/mol. The van der Waals surface area contributed by atoms with E-state index in [1.165, 1.54) is 0 Å². The van der Waals surface area contributed by atoms with Crippen LogP contribution in [0, 0.1) is 6.92 Å². The van der Waals surface area contributed by atoms with Crippen LogP contribution in [-0.2, 0) is 4.79 Å². The lowest BCUT2D eigenvalue weighted by Gasteiger charge is -2.10. The molecule has 0 radical (unpaired) electrons. The number of nitrogens with one attached hydrogen (secondary N) is 1. The number of para-hydroxylation sites is 1. The highest BCUT2D eigenvalue weighted by atomic mass is 35.5. The number of nitrogens with two attached hydrogens (primary N) is 1. The van der Waals surface area contributed by atoms with Gasteiger partial charge in [0.1, 0.15) is 5.75 Å². The van der Waals surface area contributed by atoms with E-state index in [-0.39, 0.29) is 18.3 Å². The molecule has 18 heavy (non-hydrogen) atoms. The molecule has 3 N–H and O–H groups in total. The Morgan fingerprint density at radius 2 is 2.11 bits per heavy atom. The number of halogens is 1. The predicted octanol–water partition coefficient (Wildman–Crippen LogP) is 1.65. The van der Waals surface area contributed by atoms with Crippen molar-refractivity contribution in [3.63, 3.8) is 0 Å². The second-order valence-electron chi connectivity index (χ2n) is 4.05. The number of carbonyl (C=O) groups is 1. The largest absolute Gasteiger partial charge is 0.493 e. The Morgan fingerprint density at radius 1 is 1.44 bits per heavy atom. The second kappa shape index (κ2) is 8.78. The Morgan fingerprint density at radius 3 is 2.72 bits per heavy atom. The summed E-state index contributed by atoms with van der Waals surface area (Å²) in [6.45, 7) is 4.85. The summed E-state index contributed by atoms with van der Waals surface area (Å²) >= 11 is 0. The van der Waals surface area contributed by atoms with E-state index in [1.54, 1.807) is 6.92 Å². The number of benzene rings is 1. The third-order valence-corrected chi connectivity index (χ3v) is 2.39. The lowest BCUT2D eigenvalue weighted by molar-refractivity contribution is -0.121. The number of amides is 1. The van der Waals surface area contributed by atoms with Gasteiger partial charge in [-0.15, -0.1) is 12.4 Å². The maximum Gasteiger partial charge on any atom is 0.236 e. The molecular weight excluding hydrogens is 252 g/mol. The molecule has 0 saturated heterocycles. The average Bonchev–Trinajstić information content (AvgIpc) is 2.30. The summed E-state index contributed by atoms with van der Waals surface area (Å²) in [5.41, 5.74) is 6.54. The Bertz CT molecular complexity index is 370. The van der Waals surface area contributed by atoms with Crippen LogP contribution in [0.3, 0.4) is 0 Å². The molecule has 0 saturated carbocycles. The highest BCUT2D eigenvalue weighted by Crippen LogP contribution is 2.15. The zero-order chi connectivity index (χ0) is 12.7. The Balaban J connectivity index is 0.00000289. The molecule has 1 aromatic rings. The van der Waals surface area contributed by atoms with Crippen molar-refractivity contribution in [2.75, 3.05) is 13.2 Å². The van der Waals surface area contributed by atoms with Gasteiger partial charge in [0, 0.05) is 6.54 Å². The van der Waals surface area contributed by atoms with Crippen LogP contribution in [0.15, 0.2) is 24.3 Å². The standard InChI is InChI=1S/C13H20N2O2.ClH/c1-10-6-3-4-7-12(10)17-9-5-8-15-13(16)11(2)14;/h3-4,6-7,11H,5,8-9,14H2,1-2H3,(H,15,16);1H. The predicted molar refractivity (Wildman–Crippen MR) is 75.2 cm³/mol. The molecule has 4 nitrogen and oxygen atoms in total. The van der Waals surface area contributed by atoms with Gasteiger partial charge in [-0.05, 0) is 31.9 Å². The van der Waals surface area contributed by atoms with Crippen molar-refractivity contribution in [3.8, 4) is 5.75 Å². The van der Waals surface area contributed by atoms with Crippen LogP contribution >= 0.6 is 12.4 Å². The molecule has 0 aliphatic rings. The van der Waals surface area contributed by atoms with Crippen LogP contribution in [0.2, 0.25) is 0 Å². The molecule has 102 valence electrons. The second-order valence-corrected chi connectivity index (χ2v) is 4.05. The van der Waals surface area contributed by atoms with Crippen molar-refractivity contribution in [3.05, 3.63) is 29.8 Å². The van der Waals surface area contributed by atoms with Crippen molar-refractivity contribution in [1.29, 1.82) is 0 Å². The third-order valence-electron chi connectivity index (χ3n) is 2.39. The molecule has 0 heterocycles. The SMILES string of the molecule is Cc1ccccc1OCCCNC(=O)C(C)N.Cl. The molecule has 0 bridgehead atoms. The molecule has 1 aromatic carbocycles. The smallest absolute Gasteiger partial charge is 0.236 e. The van der Waals surface area contributed by atoms with Gasteiger partial charge >= 0.3 is 0 Å². The topological polar surface area (TPSA) is 64.3 Å². The first-order valence-corrected chi connectivity index (χ1v) is 5.83. The first kappa shape index (κ1) is 16.7.